The molecule has 3 N–H and O–H groups in total. The normalized spacial score (nSPS) is 16.6. The molecule has 1 aromatic rings. The number of nitrogens with one attached hydrogen (secondary N) is 2. The lowest BCUT2D eigenvalue weighted by Gasteiger charge is -2.09. The van der Waals surface area contributed by atoms with Crippen LogP contribution < -0.4 is 5.32 Å². The van der Waals surface area contributed by atoms with Gasteiger partial charge in [-0.15, -0.1) is 0 Å². The summed E-state index contributed by atoms with van der Waals surface area (Å²) in [6.45, 7) is 1.71. The predicted molar refractivity (Wildman–Crippen MR) is 61.9 cm³/mol. The van der Waals surface area contributed by atoms with Crippen molar-refractivity contribution < 1.29 is 14.7 Å². The van der Waals surface area contributed by atoms with Crippen LogP contribution >= 0.6 is 0 Å². The van der Waals surface area contributed by atoms with Crippen molar-refractivity contribution in [1.29, 1.82) is 0 Å². The zero-order chi connectivity index (χ0) is 12.4. The van der Waals surface area contributed by atoms with Crippen molar-refractivity contribution in [3.63, 3.8) is 0 Å². The molecule has 1 amide bonds. The summed E-state index contributed by atoms with van der Waals surface area (Å²) >= 11 is 0. The molecule has 1 fully saturated rings. The van der Waals surface area contributed by atoms with E-state index >= 15 is 0 Å². The molecule has 1 aromatic heterocycles. The minimum atomic E-state index is -0.457. The third kappa shape index (κ3) is 2.94. The van der Waals surface area contributed by atoms with Gasteiger partial charge < -0.3 is 15.4 Å². The van der Waals surface area contributed by atoms with Crippen molar-refractivity contribution in [3.05, 3.63) is 23.5 Å². The smallest absolute Gasteiger partial charge is 0.267 e. The van der Waals surface area contributed by atoms with Gasteiger partial charge in [0.15, 0.2) is 5.78 Å². The van der Waals surface area contributed by atoms with E-state index in [0.717, 1.165) is 12.8 Å². The summed E-state index contributed by atoms with van der Waals surface area (Å²) in [6.07, 6.45) is 3.12. The predicted octanol–water partition coefficient (Wildman–Crippen LogP) is 0.718. The van der Waals surface area contributed by atoms with Crippen molar-refractivity contribution in [2.24, 2.45) is 5.92 Å². The fourth-order valence-corrected chi connectivity index (χ4v) is 1.67. The molecule has 1 aliphatic carbocycles. The molecule has 0 spiro atoms. The van der Waals surface area contributed by atoms with E-state index in [2.05, 4.69) is 10.3 Å². The van der Waals surface area contributed by atoms with Crippen LogP contribution in [0.3, 0.4) is 0 Å². The summed E-state index contributed by atoms with van der Waals surface area (Å²) in [4.78, 5) is 25.5. The average molecular weight is 236 g/mol. The number of hydrogen-bond donors (Lipinski definition) is 3. The third-order valence-electron chi connectivity index (χ3n) is 2.97. The Morgan fingerprint density at radius 2 is 2.29 bits per heavy atom. The maximum absolute atomic E-state index is 11.7. The summed E-state index contributed by atoms with van der Waals surface area (Å²) < 4.78 is 0. The molecule has 5 heteroatoms. The standard InChI is InChI=1S/C12H16N2O3/c1-7(15)9-4-10(13-5-9)12(17)14-6-11(16)8-2-3-8/h4-5,8,11,13,16H,2-3,6H2,1H3,(H,14,17). The number of amides is 1. The summed E-state index contributed by atoms with van der Waals surface area (Å²) in [5.74, 6) is -0.0396. The second-order valence-electron chi connectivity index (χ2n) is 4.47. The number of Topliss-reactive ketones (excluding diaryl/α,β-unsaturated/α-hetero) is 1. The number of carbonyl (C=O) groups is 2. The molecule has 92 valence electrons. The van der Waals surface area contributed by atoms with Gasteiger partial charge in [0.2, 0.25) is 0 Å². The lowest BCUT2D eigenvalue weighted by atomic mass is 10.2. The fraction of sp³-hybridized carbons (Fsp3) is 0.500. The maximum Gasteiger partial charge on any atom is 0.267 e. The van der Waals surface area contributed by atoms with Gasteiger partial charge in [-0.3, -0.25) is 9.59 Å². The van der Waals surface area contributed by atoms with Gasteiger partial charge in [0.05, 0.1) is 6.10 Å². The van der Waals surface area contributed by atoms with Crippen LogP contribution in [0.2, 0.25) is 0 Å². The number of aliphatic hydroxyl groups is 1. The first kappa shape index (κ1) is 11.9. The molecule has 1 aliphatic rings. The van der Waals surface area contributed by atoms with E-state index in [0.29, 0.717) is 17.2 Å². The van der Waals surface area contributed by atoms with Crippen molar-refractivity contribution in [2.75, 3.05) is 6.54 Å². The van der Waals surface area contributed by atoms with E-state index < -0.39 is 6.10 Å². The zero-order valence-corrected chi connectivity index (χ0v) is 9.69. The van der Waals surface area contributed by atoms with Crippen molar-refractivity contribution in [1.82, 2.24) is 10.3 Å². The van der Waals surface area contributed by atoms with Gasteiger partial charge in [0.1, 0.15) is 5.69 Å². The first-order chi connectivity index (χ1) is 8.08. The van der Waals surface area contributed by atoms with Crippen LogP contribution in [-0.2, 0) is 0 Å². The maximum atomic E-state index is 11.7. The minimum Gasteiger partial charge on any atom is -0.391 e. The van der Waals surface area contributed by atoms with Gasteiger partial charge in [-0.25, -0.2) is 0 Å². The number of H-pyrrole nitrogens is 1. The monoisotopic (exact) mass is 236 g/mol. The quantitative estimate of drug-likeness (QED) is 0.659. The number of hydrogen-bond acceptors (Lipinski definition) is 3. The Morgan fingerprint density at radius 3 is 2.82 bits per heavy atom. The summed E-state index contributed by atoms with van der Waals surface area (Å²) in [5.41, 5.74) is 0.830. The van der Waals surface area contributed by atoms with Crippen LogP contribution in [0.1, 0.15) is 40.6 Å². The fourth-order valence-electron chi connectivity index (χ4n) is 1.67. The van der Waals surface area contributed by atoms with E-state index in [1.54, 1.807) is 0 Å². The molecule has 17 heavy (non-hydrogen) atoms. The van der Waals surface area contributed by atoms with Gasteiger partial charge in [0.25, 0.3) is 5.91 Å². The summed E-state index contributed by atoms with van der Waals surface area (Å²) in [6, 6.07) is 1.52. The number of rotatable bonds is 5. The first-order valence-corrected chi connectivity index (χ1v) is 5.73. The molecular formula is C12H16N2O3. The van der Waals surface area contributed by atoms with E-state index in [-0.39, 0.29) is 18.2 Å². The molecule has 1 heterocycles. The van der Waals surface area contributed by atoms with Crippen molar-refractivity contribution in [2.45, 2.75) is 25.9 Å². The Hall–Kier alpha value is -1.62. The Kier molecular flexibility index (Phi) is 3.28. The average Bonchev–Trinajstić information content (AvgIpc) is 3.02. The number of aromatic nitrogens is 1. The lowest BCUT2D eigenvalue weighted by Crippen LogP contribution is -2.33. The van der Waals surface area contributed by atoms with Crippen molar-refractivity contribution in [3.8, 4) is 0 Å². The summed E-state index contributed by atoms with van der Waals surface area (Å²) in [5, 5.41) is 12.2. The van der Waals surface area contributed by atoms with Gasteiger partial charge in [0, 0.05) is 18.3 Å². The Bertz CT molecular complexity index is 435. The highest BCUT2D eigenvalue weighted by atomic mass is 16.3. The van der Waals surface area contributed by atoms with Gasteiger partial charge >= 0.3 is 0 Å². The molecule has 0 aliphatic heterocycles. The van der Waals surface area contributed by atoms with E-state index in [1.807, 2.05) is 0 Å². The van der Waals surface area contributed by atoms with Gasteiger partial charge in [-0.05, 0) is 31.7 Å². The Labute approximate surface area is 99.2 Å². The van der Waals surface area contributed by atoms with E-state index in [1.165, 1.54) is 19.2 Å². The van der Waals surface area contributed by atoms with E-state index in [4.69, 9.17) is 0 Å². The lowest BCUT2D eigenvalue weighted by molar-refractivity contribution is 0.0897. The number of carbonyl (C=O) groups excluding carboxylic acids is 2. The summed E-state index contributed by atoms with van der Waals surface area (Å²) in [7, 11) is 0. The third-order valence-corrected chi connectivity index (χ3v) is 2.97. The van der Waals surface area contributed by atoms with Crippen LogP contribution in [-0.4, -0.2) is 34.4 Å². The van der Waals surface area contributed by atoms with Crippen LogP contribution in [0, 0.1) is 5.92 Å². The molecule has 1 saturated carbocycles. The van der Waals surface area contributed by atoms with Crippen LogP contribution in [0.25, 0.3) is 0 Å². The van der Waals surface area contributed by atoms with Gasteiger partial charge in [-0.2, -0.15) is 0 Å². The van der Waals surface area contributed by atoms with Crippen LogP contribution in [0.4, 0.5) is 0 Å². The number of aliphatic hydroxyl groups excluding tert-OH is 1. The van der Waals surface area contributed by atoms with E-state index in [9.17, 15) is 14.7 Å². The van der Waals surface area contributed by atoms with Crippen molar-refractivity contribution >= 4 is 11.7 Å². The highest BCUT2D eigenvalue weighted by molar-refractivity contribution is 5.99. The molecule has 2 rings (SSSR count). The second-order valence-corrected chi connectivity index (χ2v) is 4.47. The van der Waals surface area contributed by atoms with Crippen LogP contribution in [0.15, 0.2) is 12.3 Å². The molecule has 5 nitrogen and oxygen atoms in total. The molecule has 1 unspecified atom stereocenters. The minimum absolute atomic E-state index is 0.0849. The Morgan fingerprint density at radius 1 is 1.59 bits per heavy atom. The number of ketones is 1. The molecule has 0 saturated heterocycles. The first-order valence-electron chi connectivity index (χ1n) is 5.73. The molecule has 0 aromatic carbocycles. The molecule has 0 radical (unpaired) electrons. The number of aromatic amines is 1. The molecular weight excluding hydrogens is 220 g/mol. The second kappa shape index (κ2) is 4.71. The topological polar surface area (TPSA) is 82.2 Å². The largest absolute Gasteiger partial charge is 0.391 e. The van der Waals surface area contributed by atoms with Gasteiger partial charge in [-0.1, -0.05) is 0 Å². The SMILES string of the molecule is CC(=O)c1c[nH]c(C(=O)NCC(O)C2CC2)c1. The zero-order valence-electron chi connectivity index (χ0n) is 9.69. The van der Waals surface area contributed by atoms with Crippen LogP contribution in [0.5, 0.6) is 0 Å². The molecule has 0 bridgehead atoms. The highest BCUT2D eigenvalue weighted by Gasteiger charge is 2.29. The highest BCUT2D eigenvalue weighted by Crippen LogP contribution is 2.32. The Balaban J connectivity index is 1.87. The molecule has 1 atom stereocenters.